The third kappa shape index (κ3) is 3.52. The number of alkyl halides is 2. The second-order valence-electron chi connectivity index (χ2n) is 4.61. The topological polar surface area (TPSA) is 79.5 Å². The predicted molar refractivity (Wildman–Crippen MR) is 71.2 cm³/mol. The number of carbonyl (C=O) groups excluding carboxylic acids is 1. The fraction of sp³-hybridized carbons (Fsp3) is 0.462. The number of amides is 1. The van der Waals surface area contributed by atoms with Crippen LogP contribution in [-0.4, -0.2) is 38.3 Å². The summed E-state index contributed by atoms with van der Waals surface area (Å²) in [5.41, 5.74) is 0.485. The van der Waals surface area contributed by atoms with Crippen molar-refractivity contribution in [2.24, 2.45) is 0 Å². The van der Waals surface area contributed by atoms with E-state index >= 15 is 0 Å². The van der Waals surface area contributed by atoms with Crippen LogP contribution < -0.4 is 5.32 Å². The van der Waals surface area contributed by atoms with E-state index in [0.29, 0.717) is 19.4 Å². The van der Waals surface area contributed by atoms with Crippen LogP contribution in [-0.2, 0) is 0 Å². The van der Waals surface area contributed by atoms with Crippen LogP contribution in [0.5, 0.6) is 0 Å². The summed E-state index contributed by atoms with van der Waals surface area (Å²) in [6.45, 7) is 2.16. The van der Waals surface area contributed by atoms with Gasteiger partial charge in [-0.1, -0.05) is 6.92 Å². The van der Waals surface area contributed by atoms with Crippen LogP contribution in [0, 0.1) is 0 Å². The number of halogens is 2. The minimum Gasteiger partial charge on any atom is -0.393 e. The van der Waals surface area contributed by atoms with Crippen molar-refractivity contribution >= 4 is 11.6 Å². The minimum atomic E-state index is -2.77. The maximum atomic E-state index is 12.7. The normalized spacial score (nSPS) is 12.8. The number of fused-ring (bicyclic) bond motifs is 1. The van der Waals surface area contributed by atoms with Gasteiger partial charge in [-0.2, -0.15) is 0 Å². The molecule has 0 aliphatic carbocycles. The van der Waals surface area contributed by atoms with Crippen LogP contribution >= 0.6 is 0 Å². The largest absolute Gasteiger partial charge is 0.393 e. The molecule has 21 heavy (non-hydrogen) atoms. The van der Waals surface area contributed by atoms with E-state index in [9.17, 15) is 18.7 Å². The first-order valence-corrected chi connectivity index (χ1v) is 6.62. The van der Waals surface area contributed by atoms with Gasteiger partial charge in [0.2, 0.25) is 5.82 Å². The lowest BCUT2D eigenvalue weighted by Gasteiger charge is -2.09. The molecule has 0 aromatic carbocycles. The first-order valence-electron chi connectivity index (χ1n) is 6.62. The Morgan fingerprint density at radius 2 is 2.19 bits per heavy atom. The standard InChI is InChI=1S/C13H16F2N4O2/c1-2-9(20)5-6-16-13(21)8-3-4-10-17-18-12(11(14)15)19(10)7-8/h3-4,7,9,11,20H,2,5-6H2,1H3,(H,16,21). The predicted octanol–water partition coefficient (Wildman–Crippen LogP) is 1.56. The van der Waals surface area contributed by atoms with Crippen molar-refractivity contribution < 1.29 is 18.7 Å². The second-order valence-corrected chi connectivity index (χ2v) is 4.61. The van der Waals surface area contributed by atoms with Gasteiger partial charge >= 0.3 is 0 Å². The van der Waals surface area contributed by atoms with E-state index in [4.69, 9.17) is 0 Å². The molecule has 114 valence electrons. The summed E-state index contributed by atoms with van der Waals surface area (Å²) in [6, 6.07) is 2.94. The van der Waals surface area contributed by atoms with Gasteiger partial charge in [0.1, 0.15) is 0 Å². The van der Waals surface area contributed by atoms with Crippen LogP contribution in [0.25, 0.3) is 5.65 Å². The van der Waals surface area contributed by atoms with E-state index in [-0.39, 0.29) is 11.2 Å². The summed E-state index contributed by atoms with van der Waals surface area (Å²) in [4.78, 5) is 11.9. The molecule has 0 saturated carbocycles. The molecule has 6 nitrogen and oxygen atoms in total. The first-order chi connectivity index (χ1) is 10.0. The maximum Gasteiger partial charge on any atom is 0.297 e. The highest BCUT2D eigenvalue weighted by Crippen LogP contribution is 2.17. The Balaban J connectivity index is 2.11. The lowest BCUT2D eigenvalue weighted by atomic mass is 10.2. The number of nitrogens with zero attached hydrogens (tertiary/aromatic N) is 3. The van der Waals surface area contributed by atoms with Gasteiger partial charge in [-0.15, -0.1) is 10.2 Å². The molecule has 0 spiro atoms. The molecule has 2 N–H and O–H groups in total. The van der Waals surface area contributed by atoms with Gasteiger partial charge in [-0.25, -0.2) is 8.78 Å². The molecule has 1 amide bonds. The van der Waals surface area contributed by atoms with Crippen molar-refractivity contribution in [2.45, 2.75) is 32.3 Å². The Hall–Kier alpha value is -2.09. The molecule has 2 rings (SSSR count). The Morgan fingerprint density at radius 3 is 2.86 bits per heavy atom. The number of rotatable bonds is 6. The zero-order chi connectivity index (χ0) is 15.4. The summed E-state index contributed by atoms with van der Waals surface area (Å²) in [5.74, 6) is -0.893. The Labute approximate surface area is 119 Å². The third-order valence-electron chi connectivity index (χ3n) is 3.12. The molecule has 1 atom stereocenters. The van der Waals surface area contributed by atoms with E-state index in [1.54, 1.807) is 0 Å². The van der Waals surface area contributed by atoms with Gasteiger partial charge in [0.25, 0.3) is 12.3 Å². The molecule has 2 aromatic heterocycles. The fourth-order valence-corrected chi connectivity index (χ4v) is 1.85. The quantitative estimate of drug-likeness (QED) is 0.848. The minimum absolute atomic E-state index is 0.232. The third-order valence-corrected chi connectivity index (χ3v) is 3.12. The zero-order valence-corrected chi connectivity index (χ0v) is 11.5. The number of carbonyl (C=O) groups is 1. The van der Waals surface area contributed by atoms with Gasteiger partial charge in [0, 0.05) is 12.7 Å². The summed E-state index contributed by atoms with van der Waals surface area (Å²) in [7, 11) is 0. The van der Waals surface area contributed by atoms with Crippen molar-refractivity contribution in [3.8, 4) is 0 Å². The van der Waals surface area contributed by atoms with E-state index in [2.05, 4.69) is 15.5 Å². The highest BCUT2D eigenvalue weighted by atomic mass is 19.3. The molecular formula is C13H16F2N4O2. The summed E-state index contributed by atoms with van der Waals surface area (Å²) < 4.78 is 26.6. The number of pyridine rings is 1. The monoisotopic (exact) mass is 298 g/mol. The van der Waals surface area contributed by atoms with Crippen molar-refractivity contribution in [3.05, 3.63) is 29.7 Å². The molecular weight excluding hydrogens is 282 g/mol. The Morgan fingerprint density at radius 1 is 1.43 bits per heavy atom. The van der Waals surface area contributed by atoms with Crippen LogP contribution in [0.15, 0.2) is 18.3 Å². The fourth-order valence-electron chi connectivity index (χ4n) is 1.85. The molecule has 1 unspecified atom stereocenters. The molecule has 2 aromatic rings. The first kappa shape index (κ1) is 15.3. The second kappa shape index (κ2) is 6.57. The molecule has 0 radical (unpaired) electrons. The molecule has 0 fully saturated rings. The average Bonchev–Trinajstić information content (AvgIpc) is 2.89. The number of hydrogen-bond acceptors (Lipinski definition) is 4. The van der Waals surface area contributed by atoms with Crippen molar-refractivity contribution in [1.29, 1.82) is 0 Å². The summed E-state index contributed by atoms with van der Waals surface area (Å²) >= 11 is 0. The number of aliphatic hydroxyl groups excluding tert-OH is 1. The number of aliphatic hydroxyl groups is 1. The lowest BCUT2D eigenvalue weighted by molar-refractivity contribution is 0.0941. The number of nitrogens with one attached hydrogen (secondary N) is 1. The zero-order valence-electron chi connectivity index (χ0n) is 11.5. The van der Waals surface area contributed by atoms with Crippen molar-refractivity contribution in [3.63, 3.8) is 0 Å². The highest BCUT2D eigenvalue weighted by molar-refractivity contribution is 5.94. The molecule has 0 bridgehead atoms. The molecule has 0 aliphatic heterocycles. The molecule has 2 heterocycles. The van der Waals surface area contributed by atoms with E-state index in [1.807, 2.05) is 6.92 Å². The van der Waals surface area contributed by atoms with Crippen LogP contribution in [0.1, 0.15) is 42.4 Å². The van der Waals surface area contributed by atoms with Crippen molar-refractivity contribution in [1.82, 2.24) is 19.9 Å². The number of aromatic nitrogens is 3. The van der Waals surface area contributed by atoms with Crippen LogP contribution in [0.4, 0.5) is 8.78 Å². The Kier molecular flexibility index (Phi) is 4.79. The number of hydrogen-bond donors (Lipinski definition) is 2. The summed E-state index contributed by atoms with van der Waals surface area (Å²) in [6.07, 6.45) is -0.892. The van der Waals surface area contributed by atoms with Crippen LogP contribution in [0.2, 0.25) is 0 Å². The van der Waals surface area contributed by atoms with E-state index < -0.39 is 24.3 Å². The molecule has 8 heteroatoms. The van der Waals surface area contributed by atoms with Gasteiger partial charge < -0.3 is 10.4 Å². The average molecular weight is 298 g/mol. The van der Waals surface area contributed by atoms with Crippen molar-refractivity contribution in [2.75, 3.05) is 6.54 Å². The molecule has 0 aliphatic rings. The molecule has 0 saturated heterocycles. The smallest absolute Gasteiger partial charge is 0.297 e. The van der Waals surface area contributed by atoms with E-state index in [0.717, 1.165) is 4.40 Å². The lowest BCUT2D eigenvalue weighted by Crippen LogP contribution is -2.27. The Bertz CT molecular complexity index is 630. The van der Waals surface area contributed by atoms with Gasteiger partial charge in [0.15, 0.2) is 5.65 Å². The summed E-state index contributed by atoms with van der Waals surface area (Å²) in [5, 5.41) is 19.0. The van der Waals surface area contributed by atoms with E-state index in [1.165, 1.54) is 18.3 Å². The van der Waals surface area contributed by atoms with Crippen LogP contribution in [0.3, 0.4) is 0 Å². The van der Waals surface area contributed by atoms with Gasteiger partial charge in [-0.3, -0.25) is 9.20 Å². The van der Waals surface area contributed by atoms with Gasteiger partial charge in [0.05, 0.1) is 11.7 Å². The van der Waals surface area contributed by atoms with Gasteiger partial charge in [-0.05, 0) is 25.0 Å². The maximum absolute atomic E-state index is 12.7. The highest BCUT2D eigenvalue weighted by Gasteiger charge is 2.17. The SMILES string of the molecule is CCC(O)CCNC(=O)c1ccc2nnc(C(F)F)n2c1.